The predicted octanol–water partition coefficient (Wildman–Crippen LogP) is 11.6. The van der Waals surface area contributed by atoms with Crippen molar-refractivity contribution < 1.29 is 24.2 Å². The van der Waals surface area contributed by atoms with Gasteiger partial charge in [-0.2, -0.15) is 0 Å². The van der Waals surface area contributed by atoms with Crippen molar-refractivity contribution >= 4 is 17.8 Å². The van der Waals surface area contributed by atoms with Crippen molar-refractivity contribution in [2.24, 2.45) is 0 Å². The second-order valence-corrected chi connectivity index (χ2v) is 12.1. The third-order valence-electron chi connectivity index (χ3n) is 7.42. The van der Waals surface area contributed by atoms with E-state index in [0.717, 1.165) is 89.9 Å². The van der Waals surface area contributed by atoms with Gasteiger partial charge in [-0.3, -0.25) is 14.4 Å². The Morgan fingerprint density at radius 3 is 1.48 bits per heavy atom. The number of carbonyl (C=O) groups is 3. The molecule has 0 saturated carbocycles. The quantitative estimate of drug-likeness (QED) is 0.0416. The van der Waals surface area contributed by atoms with E-state index in [1.807, 2.05) is 12.2 Å². The summed E-state index contributed by atoms with van der Waals surface area (Å²) in [5, 5.41) is 11.1. The summed E-state index contributed by atoms with van der Waals surface area (Å²) < 4.78 is 5.80. The van der Waals surface area contributed by atoms with Crippen LogP contribution >= 0.6 is 0 Å². The topological polar surface area (TPSA) is 92.7 Å². The maximum atomic E-state index is 12.6. The molecule has 0 aliphatic carbocycles. The Kier molecular flexibility index (Phi) is 34.9. The first kappa shape index (κ1) is 46.1. The molecule has 50 heavy (non-hydrogen) atoms. The van der Waals surface area contributed by atoms with Gasteiger partial charge in [-0.1, -0.05) is 130 Å². The van der Waals surface area contributed by atoms with Gasteiger partial charge in [0.1, 0.15) is 12.6 Å². The smallest absolute Gasteiger partial charge is 0.322 e. The molecule has 0 aromatic carbocycles. The fraction of sp³-hybridized carbons (Fsp3) is 0.523. The van der Waals surface area contributed by atoms with E-state index in [-0.39, 0.29) is 30.9 Å². The van der Waals surface area contributed by atoms with Crippen molar-refractivity contribution in [3.8, 4) is 0 Å². The average molecular weight is 690 g/mol. The largest absolute Gasteiger partial charge is 0.480 e. The number of allylic oxidation sites excluding steroid dienone is 17. The molecule has 0 rings (SSSR count). The minimum atomic E-state index is -1.06. The van der Waals surface area contributed by atoms with Gasteiger partial charge in [0.05, 0.1) is 0 Å². The Balaban J connectivity index is 4.41. The molecule has 0 aromatic rings. The van der Waals surface area contributed by atoms with Gasteiger partial charge in [-0.15, -0.1) is 0 Å². The molecule has 0 saturated heterocycles. The van der Waals surface area contributed by atoms with Crippen molar-refractivity contribution in [3.63, 3.8) is 0 Å². The fourth-order valence-electron chi connectivity index (χ4n) is 4.68. The second kappa shape index (κ2) is 37.9. The molecule has 0 heterocycles. The molecule has 0 aliphatic heterocycles. The molecular formula is C44H67NO5. The van der Waals surface area contributed by atoms with Crippen molar-refractivity contribution in [3.05, 3.63) is 109 Å². The number of esters is 1. The number of carboxylic acids is 1. The summed E-state index contributed by atoms with van der Waals surface area (Å²) in [6.45, 7) is 3.91. The molecule has 278 valence electrons. The van der Waals surface area contributed by atoms with Crippen LogP contribution in [0.25, 0.3) is 0 Å². The van der Waals surface area contributed by atoms with Crippen LogP contribution in [-0.2, 0) is 19.1 Å². The molecule has 1 atom stereocenters. The van der Waals surface area contributed by atoms with Crippen LogP contribution in [0.3, 0.4) is 0 Å². The van der Waals surface area contributed by atoms with Gasteiger partial charge in [-0.05, 0) is 102 Å². The highest BCUT2D eigenvalue weighted by Crippen LogP contribution is 2.13. The number of carbonyl (C=O) groups excluding carboxylic acids is 2. The first-order valence-electron chi connectivity index (χ1n) is 19.0. The predicted molar refractivity (Wildman–Crippen MR) is 212 cm³/mol. The van der Waals surface area contributed by atoms with Crippen molar-refractivity contribution in [1.29, 1.82) is 0 Å². The van der Waals surface area contributed by atoms with E-state index < -0.39 is 5.97 Å². The number of rotatable bonds is 32. The molecular weight excluding hydrogens is 622 g/mol. The normalized spacial score (nSPS) is 13.3. The summed E-state index contributed by atoms with van der Waals surface area (Å²) in [5.41, 5.74) is 0. The maximum Gasteiger partial charge on any atom is 0.322 e. The van der Waals surface area contributed by atoms with Gasteiger partial charge in [0, 0.05) is 12.8 Å². The number of carboxylic acid groups (broad SMARTS) is 1. The van der Waals surface area contributed by atoms with Gasteiger partial charge in [0.15, 0.2) is 0 Å². The Morgan fingerprint density at radius 2 is 0.980 bits per heavy atom. The molecule has 1 unspecified atom stereocenters. The molecule has 0 aromatic heterocycles. The van der Waals surface area contributed by atoms with E-state index in [4.69, 9.17) is 9.84 Å². The highest BCUT2D eigenvalue weighted by atomic mass is 16.5. The first-order chi connectivity index (χ1) is 24.5. The van der Waals surface area contributed by atoms with Crippen LogP contribution in [0.5, 0.6) is 0 Å². The minimum absolute atomic E-state index is 0.186. The summed E-state index contributed by atoms with van der Waals surface area (Å²) in [6, 6.07) is 0. The van der Waals surface area contributed by atoms with Gasteiger partial charge >= 0.3 is 11.9 Å². The average Bonchev–Trinajstić information content (AvgIpc) is 3.10. The second-order valence-electron chi connectivity index (χ2n) is 12.1. The number of ether oxygens (including phenoxy) is 1. The highest BCUT2D eigenvalue weighted by Gasteiger charge is 2.12. The molecule has 0 bridgehead atoms. The maximum absolute atomic E-state index is 12.6. The number of amides is 1. The van der Waals surface area contributed by atoms with Gasteiger partial charge in [0.25, 0.3) is 0 Å². The van der Waals surface area contributed by atoms with Crippen LogP contribution in [0.4, 0.5) is 0 Å². The van der Waals surface area contributed by atoms with Crippen molar-refractivity contribution in [1.82, 2.24) is 5.32 Å². The summed E-state index contributed by atoms with van der Waals surface area (Å²) in [6.07, 6.45) is 55.0. The van der Waals surface area contributed by atoms with Crippen LogP contribution in [-0.4, -0.2) is 35.6 Å². The standard InChI is InChI=1S/C44H67NO5/c1-3-5-7-9-11-13-15-17-19-20-21-23-25-27-29-31-33-39-44(49)50-41(37-34-35-38-42(46)45-40-43(47)48)36-32-30-28-26-24-22-18-16-14-12-10-8-6-4-2/h5-8,11-14,17-19,21-23,26,28,32,36,41H,3-4,9-10,15-16,20,24-25,27,29-31,33-35,37-40H2,1-2H3,(H,45,46)(H,47,48)/b7-5-,8-6-,13-11-,14-12-,19-17-,22-18-,23-21-,28-26-,36-32-. The summed E-state index contributed by atoms with van der Waals surface area (Å²) >= 11 is 0. The lowest BCUT2D eigenvalue weighted by atomic mass is 10.1. The van der Waals surface area contributed by atoms with E-state index >= 15 is 0 Å². The third kappa shape index (κ3) is 36.9. The summed E-state index contributed by atoms with van der Waals surface area (Å²) in [4.78, 5) is 35.1. The lowest BCUT2D eigenvalue weighted by Crippen LogP contribution is -2.28. The van der Waals surface area contributed by atoms with Gasteiger partial charge < -0.3 is 15.2 Å². The number of nitrogens with one attached hydrogen (secondary N) is 1. The first-order valence-corrected chi connectivity index (χ1v) is 19.0. The Labute approximate surface area is 304 Å². The molecule has 6 heteroatoms. The van der Waals surface area contributed by atoms with Gasteiger partial charge in [-0.25, -0.2) is 0 Å². The molecule has 2 N–H and O–H groups in total. The van der Waals surface area contributed by atoms with E-state index in [2.05, 4.69) is 116 Å². The Bertz CT molecular complexity index is 1120. The van der Waals surface area contributed by atoms with Gasteiger partial charge in [0.2, 0.25) is 5.91 Å². The van der Waals surface area contributed by atoms with Crippen LogP contribution in [0.15, 0.2) is 109 Å². The number of hydrogen-bond donors (Lipinski definition) is 2. The van der Waals surface area contributed by atoms with Crippen LogP contribution in [0, 0.1) is 0 Å². The molecule has 1 amide bonds. The molecule has 0 radical (unpaired) electrons. The van der Waals surface area contributed by atoms with E-state index in [1.165, 1.54) is 0 Å². The molecule has 6 nitrogen and oxygen atoms in total. The summed E-state index contributed by atoms with van der Waals surface area (Å²) in [7, 11) is 0. The zero-order valence-corrected chi connectivity index (χ0v) is 31.2. The number of aliphatic carboxylic acids is 1. The van der Waals surface area contributed by atoms with Crippen LogP contribution < -0.4 is 5.32 Å². The van der Waals surface area contributed by atoms with Crippen molar-refractivity contribution in [2.45, 2.75) is 142 Å². The fourth-order valence-corrected chi connectivity index (χ4v) is 4.68. The zero-order valence-electron chi connectivity index (χ0n) is 31.2. The van der Waals surface area contributed by atoms with E-state index in [9.17, 15) is 14.4 Å². The molecule has 0 spiro atoms. The lowest BCUT2D eigenvalue weighted by molar-refractivity contribution is -0.147. The Morgan fingerprint density at radius 1 is 0.540 bits per heavy atom. The third-order valence-corrected chi connectivity index (χ3v) is 7.42. The summed E-state index contributed by atoms with van der Waals surface area (Å²) in [5.74, 6) is -1.53. The monoisotopic (exact) mass is 690 g/mol. The minimum Gasteiger partial charge on any atom is -0.480 e. The zero-order chi connectivity index (χ0) is 36.6. The Hall–Kier alpha value is -3.93. The molecule has 0 aliphatic rings. The number of hydrogen-bond acceptors (Lipinski definition) is 4. The van der Waals surface area contributed by atoms with Crippen LogP contribution in [0.1, 0.15) is 136 Å². The molecule has 0 fully saturated rings. The highest BCUT2D eigenvalue weighted by molar-refractivity contribution is 5.81. The van der Waals surface area contributed by atoms with E-state index in [1.54, 1.807) is 0 Å². The number of unbranched alkanes of at least 4 members (excludes halogenated alkanes) is 5. The van der Waals surface area contributed by atoms with E-state index in [0.29, 0.717) is 25.7 Å². The lowest BCUT2D eigenvalue weighted by Gasteiger charge is -2.14. The SMILES string of the molecule is CC/C=C\C/C=C\C/C=C\C/C=C\C/C=C\C(CCCCC(=O)NCC(=O)O)OC(=O)CCCCCC/C=C\C/C=C\C/C=C\C/C=C\CC. The van der Waals surface area contributed by atoms with Crippen LogP contribution in [0.2, 0.25) is 0 Å². The van der Waals surface area contributed by atoms with Crippen molar-refractivity contribution in [2.75, 3.05) is 6.54 Å².